The van der Waals surface area contributed by atoms with Crippen LogP contribution in [0.4, 0.5) is 0 Å². The number of nitrogens with zero attached hydrogens (tertiary/aromatic N) is 5. The highest BCUT2D eigenvalue weighted by Crippen LogP contribution is 2.31. The molecule has 128 valence electrons. The standard InChI is InChI=1S/C18H25N5O/c1-13-7-19-8-18(21-13)24-11-15-6-17-16(20-12-22(17)2)10-23(15)9-14-4-3-5-14/h7-8,12,14-15H,3-6,9-11H2,1-2H3. The van der Waals surface area contributed by atoms with Crippen LogP contribution in [-0.4, -0.2) is 43.6 Å². The van der Waals surface area contributed by atoms with E-state index in [0.717, 1.165) is 31.1 Å². The zero-order valence-electron chi connectivity index (χ0n) is 14.5. The smallest absolute Gasteiger partial charge is 0.232 e. The molecule has 3 heterocycles. The third kappa shape index (κ3) is 3.15. The Balaban J connectivity index is 1.48. The number of hydrogen-bond donors (Lipinski definition) is 0. The van der Waals surface area contributed by atoms with Crippen LogP contribution in [0.2, 0.25) is 0 Å². The van der Waals surface area contributed by atoms with Crippen molar-refractivity contribution >= 4 is 0 Å². The summed E-state index contributed by atoms with van der Waals surface area (Å²) in [4.78, 5) is 15.7. The second-order valence-corrected chi connectivity index (χ2v) is 7.14. The zero-order chi connectivity index (χ0) is 16.5. The molecule has 1 aliphatic heterocycles. The van der Waals surface area contributed by atoms with Gasteiger partial charge in [-0.05, 0) is 25.7 Å². The van der Waals surface area contributed by atoms with Gasteiger partial charge in [0.2, 0.25) is 5.88 Å². The largest absolute Gasteiger partial charge is 0.475 e. The highest BCUT2D eigenvalue weighted by atomic mass is 16.5. The minimum absolute atomic E-state index is 0.371. The van der Waals surface area contributed by atoms with Crippen molar-refractivity contribution in [3.05, 3.63) is 35.8 Å². The van der Waals surface area contributed by atoms with E-state index < -0.39 is 0 Å². The van der Waals surface area contributed by atoms with Gasteiger partial charge in [-0.25, -0.2) is 9.97 Å². The fourth-order valence-electron chi connectivity index (χ4n) is 3.65. The second kappa shape index (κ2) is 6.51. The van der Waals surface area contributed by atoms with Crippen molar-refractivity contribution in [2.24, 2.45) is 13.0 Å². The molecule has 6 heteroatoms. The molecule has 1 unspecified atom stereocenters. The first kappa shape index (κ1) is 15.6. The predicted octanol–water partition coefficient (Wildman–Crippen LogP) is 2.12. The van der Waals surface area contributed by atoms with Crippen LogP contribution in [0.5, 0.6) is 5.88 Å². The summed E-state index contributed by atoms with van der Waals surface area (Å²) in [5.41, 5.74) is 3.45. The molecule has 0 N–H and O–H groups in total. The molecule has 0 radical (unpaired) electrons. The summed E-state index contributed by atoms with van der Waals surface area (Å²) in [7, 11) is 2.08. The second-order valence-electron chi connectivity index (χ2n) is 7.14. The Morgan fingerprint density at radius 1 is 1.29 bits per heavy atom. The summed E-state index contributed by atoms with van der Waals surface area (Å²) in [6.45, 7) is 4.67. The Hall–Kier alpha value is -1.95. The van der Waals surface area contributed by atoms with Crippen LogP contribution < -0.4 is 4.74 Å². The van der Waals surface area contributed by atoms with Crippen LogP contribution in [0.1, 0.15) is 36.3 Å². The zero-order valence-corrected chi connectivity index (χ0v) is 14.5. The summed E-state index contributed by atoms with van der Waals surface area (Å²) in [6, 6.07) is 0.371. The Bertz CT molecular complexity index is 709. The molecular weight excluding hydrogens is 302 g/mol. The Morgan fingerprint density at radius 3 is 2.92 bits per heavy atom. The van der Waals surface area contributed by atoms with Gasteiger partial charge >= 0.3 is 0 Å². The molecule has 1 fully saturated rings. The molecule has 24 heavy (non-hydrogen) atoms. The molecule has 0 aromatic carbocycles. The fraction of sp³-hybridized carbons (Fsp3) is 0.611. The molecule has 2 aromatic rings. The van der Waals surface area contributed by atoms with E-state index in [1.165, 1.54) is 30.7 Å². The SMILES string of the molecule is Cc1cncc(OCC2Cc3c(ncn3C)CN2CC2CCC2)n1. The number of rotatable bonds is 5. The highest BCUT2D eigenvalue weighted by Gasteiger charge is 2.32. The molecule has 4 rings (SSSR count). The molecular formula is C18H25N5O. The van der Waals surface area contributed by atoms with Crippen molar-refractivity contribution in [2.45, 2.75) is 45.2 Å². The predicted molar refractivity (Wildman–Crippen MR) is 90.7 cm³/mol. The van der Waals surface area contributed by atoms with Gasteiger partial charge in [-0.2, -0.15) is 0 Å². The van der Waals surface area contributed by atoms with Gasteiger partial charge in [-0.15, -0.1) is 0 Å². The van der Waals surface area contributed by atoms with Gasteiger partial charge in [0.1, 0.15) is 6.61 Å². The molecule has 2 aliphatic rings. The topological polar surface area (TPSA) is 56.1 Å². The average molecular weight is 327 g/mol. The van der Waals surface area contributed by atoms with Crippen LogP contribution in [0.25, 0.3) is 0 Å². The van der Waals surface area contributed by atoms with Crippen LogP contribution in [-0.2, 0) is 20.0 Å². The van der Waals surface area contributed by atoms with Crippen molar-refractivity contribution in [1.29, 1.82) is 0 Å². The molecule has 2 aromatic heterocycles. The first-order valence-corrected chi connectivity index (χ1v) is 8.83. The third-order valence-electron chi connectivity index (χ3n) is 5.32. The summed E-state index contributed by atoms with van der Waals surface area (Å²) in [5, 5.41) is 0. The Labute approximate surface area is 142 Å². The fourth-order valence-corrected chi connectivity index (χ4v) is 3.65. The van der Waals surface area contributed by atoms with E-state index in [4.69, 9.17) is 4.74 Å². The number of hydrogen-bond acceptors (Lipinski definition) is 5. The lowest BCUT2D eigenvalue weighted by atomic mass is 9.84. The van der Waals surface area contributed by atoms with E-state index in [2.05, 4.69) is 31.5 Å². The maximum atomic E-state index is 5.98. The average Bonchev–Trinajstić information content (AvgIpc) is 2.89. The van der Waals surface area contributed by atoms with Crippen molar-refractivity contribution < 1.29 is 4.74 Å². The van der Waals surface area contributed by atoms with Gasteiger partial charge in [-0.3, -0.25) is 9.88 Å². The molecule has 0 spiro atoms. The molecule has 1 aliphatic carbocycles. The number of aromatic nitrogens is 4. The Morgan fingerprint density at radius 2 is 2.17 bits per heavy atom. The van der Waals surface area contributed by atoms with Gasteiger partial charge in [0.05, 0.1) is 23.9 Å². The van der Waals surface area contributed by atoms with E-state index in [9.17, 15) is 0 Å². The van der Waals surface area contributed by atoms with Crippen molar-refractivity contribution in [2.75, 3.05) is 13.2 Å². The summed E-state index contributed by atoms with van der Waals surface area (Å²) in [5.74, 6) is 1.46. The summed E-state index contributed by atoms with van der Waals surface area (Å²) in [6.07, 6.45) is 10.5. The van der Waals surface area contributed by atoms with Crippen molar-refractivity contribution in [1.82, 2.24) is 24.4 Å². The minimum atomic E-state index is 0.371. The third-order valence-corrected chi connectivity index (χ3v) is 5.32. The van der Waals surface area contributed by atoms with Crippen LogP contribution >= 0.6 is 0 Å². The van der Waals surface area contributed by atoms with E-state index in [-0.39, 0.29) is 0 Å². The van der Waals surface area contributed by atoms with Gasteiger partial charge < -0.3 is 9.30 Å². The lowest BCUT2D eigenvalue weighted by Crippen LogP contribution is -2.47. The molecule has 6 nitrogen and oxygen atoms in total. The van der Waals surface area contributed by atoms with Crippen molar-refractivity contribution in [3.63, 3.8) is 0 Å². The number of ether oxygens (including phenoxy) is 1. The van der Waals surface area contributed by atoms with E-state index >= 15 is 0 Å². The lowest BCUT2D eigenvalue weighted by Gasteiger charge is -2.39. The molecule has 1 saturated carbocycles. The minimum Gasteiger partial charge on any atom is -0.475 e. The normalized spacial score (nSPS) is 21.3. The number of fused-ring (bicyclic) bond motifs is 1. The summed E-state index contributed by atoms with van der Waals surface area (Å²) < 4.78 is 8.12. The van der Waals surface area contributed by atoms with Crippen LogP contribution in [0, 0.1) is 12.8 Å². The van der Waals surface area contributed by atoms with E-state index in [0.29, 0.717) is 18.5 Å². The molecule has 0 bridgehead atoms. The number of aryl methyl sites for hydroxylation is 2. The monoisotopic (exact) mass is 327 g/mol. The first-order valence-electron chi connectivity index (χ1n) is 8.83. The van der Waals surface area contributed by atoms with Gasteiger partial charge in [0, 0.05) is 44.5 Å². The van der Waals surface area contributed by atoms with Gasteiger partial charge in [0.25, 0.3) is 0 Å². The van der Waals surface area contributed by atoms with Crippen LogP contribution in [0.3, 0.4) is 0 Å². The van der Waals surface area contributed by atoms with Crippen LogP contribution in [0.15, 0.2) is 18.7 Å². The summed E-state index contributed by atoms with van der Waals surface area (Å²) >= 11 is 0. The maximum absolute atomic E-state index is 5.98. The molecule has 1 atom stereocenters. The maximum Gasteiger partial charge on any atom is 0.232 e. The lowest BCUT2D eigenvalue weighted by molar-refractivity contribution is 0.0774. The molecule has 0 amide bonds. The molecule has 0 saturated heterocycles. The Kier molecular flexibility index (Phi) is 4.22. The quantitative estimate of drug-likeness (QED) is 0.842. The van der Waals surface area contributed by atoms with E-state index in [1.807, 2.05) is 13.3 Å². The van der Waals surface area contributed by atoms with Gasteiger partial charge in [0.15, 0.2) is 0 Å². The van der Waals surface area contributed by atoms with Gasteiger partial charge in [-0.1, -0.05) is 6.42 Å². The first-order chi connectivity index (χ1) is 11.7. The number of imidazole rings is 1. The highest BCUT2D eigenvalue weighted by molar-refractivity contribution is 5.18. The van der Waals surface area contributed by atoms with Crippen molar-refractivity contribution in [3.8, 4) is 5.88 Å². The van der Waals surface area contributed by atoms with E-state index in [1.54, 1.807) is 12.4 Å².